The zero-order valence-corrected chi connectivity index (χ0v) is 10.9. The smallest absolute Gasteiger partial charge is 0.290 e. The number of nitrogens with one attached hydrogen (secondary N) is 1. The van der Waals surface area contributed by atoms with E-state index in [1.165, 1.54) is 21.5 Å². The van der Waals surface area contributed by atoms with Crippen molar-refractivity contribution in [3.63, 3.8) is 0 Å². The number of rotatable bonds is 5. The molecular weight excluding hydrogens is 242 g/mol. The molecule has 0 atom stereocenters. The molecule has 1 aromatic carbocycles. The fourth-order valence-corrected chi connectivity index (χ4v) is 1.78. The SMILES string of the molecule is CCCCn1c(=O)ccn(Nc2ccccc2)c1=O. The molecule has 0 amide bonds. The van der Waals surface area contributed by atoms with Crippen LogP contribution in [0.3, 0.4) is 0 Å². The third-order valence-electron chi connectivity index (χ3n) is 2.83. The Labute approximate surface area is 111 Å². The first-order valence-electron chi connectivity index (χ1n) is 6.37. The Hall–Kier alpha value is -2.30. The molecule has 0 unspecified atom stereocenters. The van der Waals surface area contributed by atoms with Gasteiger partial charge >= 0.3 is 5.69 Å². The quantitative estimate of drug-likeness (QED) is 0.889. The van der Waals surface area contributed by atoms with Gasteiger partial charge in [-0.15, -0.1) is 0 Å². The summed E-state index contributed by atoms with van der Waals surface area (Å²) in [5.74, 6) is 0. The van der Waals surface area contributed by atoms with Gasteiger partial charge in [-0.25, -0.2) is 9.47 Å². The molecule has 0 aliphatic rings. The van der Waals surface area contributed by atoms with Crippen molar-refractivity contribution in [3.8, 4) is 0 Å². The second-order valence-corrected chi connectivity index (χ2v) is 4.29. The summed E-state index contributed by atoms with van der Waals surface area (Å²) in [5.41, 5.74) is 3.15. The van der Waals surface area contributed by atoms with Crippen LogP contribution in [-0.2, 0) is 6.54 Å². The lowest BCUT2D eigenvalue weighted by atomic mass is 10.3. The van der Waals surface area contributed by atoms with E-state index in [1.54, 1.807) is 0 Å². The molecule has 1 N–H and O–H groups in total. The van der Waals surface area contributed by atoms with Crippen LogP contribution in [0.1, 0.15) is 19.8 Å². The van der Waals surface area contributed by atoms with E-state index in [1.807, 2.05) is 37.3 Å². The summed E-state index contributed by atoms with van der Waals surface area (Å²) in [6.45, 7) is 2.47. The number of nitrogens with zero attached hydrogens (tertiary/aromatic N) is 2. The van der Waals surface area contributed by atoms with Crippen LogP contribution >= 0.6 is 0 Å². The van der Waals surface area contributed by atoms with E-state index in [9.17, 15) is 9.59 Å². The molecule has 0 saturated heterocycles. The molecular formula is C14H17N3O2. The Bertz CT molecular complexity index is 644. The van der Waals surface area contributed by atoms with Gasteiger partial charge in [0, 0.05) is 18.8 Å². The average molecular weight is 259 g/mol. The molecule has 2 aromatic rings. The van der Waals surface area contributed by atoms with Crippen LogP contribution in [0.15, 0.2) is 52.2 Å². The second kappa shape index (κ2) is 6.04. The Kier molecular flexibility index (Phi) is 4.18. The molecule has 0 fully saturated rings. The predicted octanol–water partition coefficient (Wildman–Crippen LogP) is 1.69. The van der Waals surface area contributed by atoms with E-state index < -0.39 is 0 Å². The number of hydrogen-bond donors (Lipinski definition) is 1. The molecule has 0 bridgehead atoms. The lowest BCUT2D eigenvalue weighted by Gasteiger charge is -2.11. The summed E-state index contributed by atoms with van der Waals surface area (Å²) in [4.78, 5) is 23.8. The van der Waals surface area contributed by atoms with E-state index >= 15 is 0 Å². The average Bonchev–Trinajstić information content (AvgIpc) is 2.43. The van der Waals surface area contributed by atoms with Gasteiger partial charge in [-0.1, -0.05) is 31.5 Å². The minimum atomic E-state index is -0.343. The Morgan fingerprint density at radius 3 is 2.53 bits per heavy atom. The summed E-state index contributed by atoms with van der Waals surface area (Å²) in [5, 5.41) is 0. The van der Waals surface area contributed by atoms with Crippen molar-refractivity contribution < 1.29 is 0 Å². The maximum atomic E-state index is 12.2. The summed E-state index contributed by atoms with van der Waals surface area (Å²) < 4.78 is 2.58. The fraction of sp³-hybridized carbons (Fsp3) is 0.286. The minimum absolute atomic E-state index is 0.260. The van der Waals surface area contributed by atoms with Crippen LogP contribution in [0.25, 0.3) is 0 Å². The van der Waals surface area contributed by atoms with Gasteiger partial charge in [0.25, 0.3) is 5.56 Å². The number of hydrogen-bond acceptors (Lipinski definition) is 3. The molecule has 5 heteroatoms. The van der Waals surface area contributed by atoms with Crippen molar-refractivity contribution in [2.24, 2.45) is 0 Å². The Balaban J connectivity index is 2.32. The first-order valence-corrected chi connectivity index (χ1v) is 6.37. The van der Waals surface area contributed by atoms with Crippen LogP contribution in [0.5, 0.6) is 0 Å². The van der Waals surface area contributed by atoms with Gasteiger partial charge in [0.1, 0.15) is 0 Å². The Morgan fingerprint density at radius 2 is 1.84 bits per heavy atom. The third kappa shape index (κ3) is 3.13. The van der Waals surface area contributed by atoms with Gasteiger partial charge in [-0.3, -0.25) is 14.8 Å². The maximum Gasteiger partial charge on any atom is 0.349 e. The number of para-hydroxylation sites is 1. The first kappa shape index (κ1) is 13.1. The topological polar surface area (TPSA) is 56.0 Å². The van der Waals surface area contributed by atoms with Gasteiger partial charge in [-0.05, 0) is 18.6 Å². The minimum Gasteiger partial charge on any atom is -0.290 e. The van der Waals surface area contributed by atoms with Crippen molar-refractivity contribution in [2.45, 2.75) is 26.3 Å². The number of aromatic nitrogens is 2. The zero-order chi connectivity index (χ0) is 13.7. The first-order chi connectivity index (χ1) is 9.22. The molecule has 5 nitrogen and oxygen atoms in total. The van der Waals surface area contributed by atoms with E-state index in [0.29, 0.717) is 6.54 Å². The summed E-state index contributed by atoms with van der Waals surface area (Å²) in [6, 6.07) is 10.8. The highest BCUT2D eigenvalue weighted by Gasteiger charge is 2.04. The van der Waals surface area contributed by atoms with Crippen LogP contribution < -0.4 is 16.7 Å². The van der Waals surface area contributed by atoms with E-state index in [2.05, 4.69) is 5.43 Å². The van der Waals surface area contributed by atoms with E-state index in [4.69, 9.17) is 0 Å². The summed E-state index contributed by atoms with van der Waals surface area (Å²) in [6.07, 6.45) is 3.21. The molecule has 0 saturated carbocycles. The van der Waals surface area contributed by atoms with Crippen LogP contribution in [0, 0.1) is 0 Å². The standard InChI is InChI=1S/C14H17N3O2/c1-2-3-10-16-13(18)9-11-17(14(16)19)15-12-7-5-4-6-8-12/h4-9,11,15H,2-3,10H2,1H3. The molecule has 0 aliphatic carbocycles. The van der Waals surface area contributed by atoms with Crippen LogP contribution in [0.2, 0.25) is 0 Å². The monoisotopic (exact) mass is 259 g/mol. The van der Waals surface area contributed by atoms with Gasteiger partial charge in [0.05, 0.1) is 5.69 Å². The maximum absolute atomic E-state index is 12.2. The lowest BCUT2D eigenvalue weighted by molar-refractivity contribution is 0.562. The molecule has 19 heavy (non-hydrogen) atoms. The summed E-state index contributed by atoms with van der Waals surface area (Å²) >= 11 is 0. The van der Waals surface area contributed by atoms with Crippen molar-refractivity contribution in [2.75, 3.05) is 5.43 Å². The van der Waals surface area contributed by atoms with Gasteiger partial charge < -0.3 is 0 Å². The highest BCUT2D eigenvalue weighted by Crippen LogP contribution is 2.03. The van der Waals surface area contributed by atoms with Crippen molar-refractivity contribution in [1.29, 1.82) is 0 Å². The molecule has 1 heterocycles. The van der Waals surface area contributed by atoms with Crippen molar-refractivity contribution in [3.05, 3.63) is 63.4 Å². The van der Waals surface area contributed by atoms with E-state index in [0.717, 1.165) is 18.5 Å². The number of unbranched alkanes of at least 4 members (excludes halogenated alkanes) is 1. The second-order valence-electron chi connectivity index (χ2n) is 4.29. The lowest BCUT2D eigenvalue weighted by Crippen LogP contribution is -2.41. The van der Waals surface area contributed by atoms with Crippen molar-refractivity contribution >= 4 is 5.69 Å². The molecule has 0 radical (unpaired) electrons. The molecule has 100 valence electrons. The largest absolute Gasteiger partial charge is 0.349 e. The third-order valence-corrected chi connectivity index (χ3v) is 2.83. The Morgan fingerprint density at radius 1 is 1.11 bits per heavy atom. The molecule has 0 spiro atoms. The zero-order valence-electron chi connectivity index (χ0n) is 10.9. The van der Waals surface area contributed by atoms with Crippen LogP contribution in [-0.4, -0.2) is 9.24 Å². The predicted molar refractivity (Wildman–Crippen MR) is 75.3 cm³/mol. The molecule has 1 aromatic heterocycles. The van der Waals surface area contributed by atoms with Gasteiger partial charge in [-0.2, -0.15) is 0 Å². The van der Waals surface area contributed by atoms with Gasteiger partial charge in [0.15, 0.2) is 0 Å². The molecule has 2 rings (SSSR count). The highest BCUT2D eigenvalue weighted by molar-refractivity contribution is 5.41. The molecule has 0 aliphatic heterocycles. The van der Waals surface area contributed by atoms with Gasteiger partial charge in [0.2, 0.25) is 0 Å². The fourth-order valence-electron chi connectivity index (χ4n) is 1.78. The number of benzene rings is 1. The van der Waals surface area contributed by atoms with E-state index in [-0.39, 0.29) is 11.2 Å². The normalized spacial score (nSPS) is 10.4. The summed E-state index contributed by atoms with van der Waals surface area (Å²) in [7, 11) is 0. The highest BCUT2D eigenvalue weighted by atomic mass is 16.2. The number of anilines is 1. The van der Waals surface area contributed by atoms with Crippen LogP contribution in [0.4, 0.5) is 5.69 Å². The van der Waals surface area contributed by atoms with Crippen molar-refractivity contribution in [1.82, 2.24) is 9.24 Å².